The first-order valence-corrected chi connectivity index (χ1v) is 10.1. The summed E-state index contributed by atoms with van der Waals surface area (Å²) in [4.78, 5) is 13.1. The maximum Gasteiger partial charge on any atom is 0.404 e. The van der Waals surface area contributed by atoms with E-state index in [0.717, 1.165) is 56.5 Å². The van der Waals surface area contributed by atoms with Crippen LogP contribution < -0.4 is 10.6 Å². The molecule has 150 valence electrons. The fourth-order valence-electron chi connectivity index (χ4n) is 4.00. The third-order valence-corrected chi connectivity index (χ3v) is 5.69. The van der Waals surface area contributed by atoms with Crippen LogP contribution in [0.2, 0.25) is 0 Å². The number of primary amides is 1. The monoisotopic (exact) mass is 384 g/mol. The lowest BCUT2D eigenvalue weighted by Crippen LogP contribution is -2.35. The van der Waals surface area contributed by atoms with Gasteiger partial charge in [0.05, 0.1) is 12.8 Å². The van der Waals surface area contributed by atoms with Gasteiger partial charge >= 0.3 is 6.09 Å². The molecule has 0 spiro atoms. The molecule has 1 aromatic carbocycles. The van der Waals surface area contributed by atoms with Crippen LogP contribution in [0.15, 0.2) is 36.7 Å². The number of nitrogens with zero attached hydrogens (tertiary/aromatic N) is 3. The largest absolute Gasteiger partial charge is 0.449 e. The number of hydrogen-bond acceptors (Lipinski definition) is 5. The Kier molecular flexibility index (Phi) is 5.81. The van der Waals surface area contributed by atoms with Crippen LogP contribution in [-0.2, 0) is 9.47 Å². The van der Waals surface area contributed by atoms with Gasteiger partial charge in [0.2, 0.25) is 0 Å². The molecule has 7 nitrogen and oxygen atoms in total. The topological polar surface area (TPSA) is 82.6 Å². The number of piperidine rings is 1. The summed E-state index contributed by atoms with van der Waals surface area (Å²) in [6, 6.07) is 8.65. The second kappa shape index (κ2) is 8.65. The Hall–Kier alpha value is -2.54. The molecule has 3 heterocycles. The Balaban J connectivity index is 1.34. The van der Waals surface area contributed by atoms with E-state index in [9.17, 15) is 4.79 Å². The second-order valence-corrected chi connectivity index (χ2v) is 7.64. The highest BCUT2D eigenvalue weighted by Crippen LogP contribution is 2.28. The zero-order valence-electron chi connectivity index (χ0n) is 16.1. The van der Waals surface area contributed by atoms with Gasteiger partial charge in [-0.2, -0.15) is 5.10 Å². The van der Waals surface area contributed by atoms with Crippen molar-refractivity contribution in [3.05, 3.63) is 36.7 Å². The number of ether oxygens (including phenoxy) is 2. The minimum atomic E-state index is -0.684. The van der Waals surface area contributed by atoms with Crippen molar-refractivity contribution in [2.45, 2.75) is 38.3 Å². The molecule has 1 unspecified atom stereocenters. The van der Waals surface area contributed by atoms with E-state index in [1.54, 1.807) is 0 Å². The van der Waals surface area contributed by atoms with Crippen LogP contribution in [0, 0.1) is 5.92 Å². The van der Waals surface area contributed by atoms with Crippen molar-refractivity contribution in [3.8, 4) is 11.1 Å². The number of aromatic nitrogens is 2. The highest BCUT2D eigenvalue weighted by atomic mass is 16.5. The van der Waals surface area contributed by atoms with Gasteiger partial charge in [-0.25, -0.2) is 9.48 Å². The van der Waals surface area contributed by atoms with E-state index in [-0.39, 0.29) is 6.23 Å². The van der Waals surface area contributed by atoms with E-state index >= 15 is 0 Å². The van der Waals surface area contributed by atoms with Gasteiger partial charge < -0.3 is 20.1 Å². The van der Waals surface area contributed by atoms with Crippen molar-refractivity contribution in [3.63, 3.8) is 0 Å². The standard InChI is InChI=1S/C21H28N4O3/c22-21(26)28-15-16-8-10-24(11-9-16)19-6-4-17(5-7-19)18-13-23-25(14-18)20-3-1-2-12-27-20/h4-7,13-14,16,20H,1-3,8-12,15H2,(H2,22,26). The molecule has 1 amide bonds. The quantitative estimate of drug-likeness (QED) is 0.852. The molecule has 0 radical (unpaired) electrons. The first-order chi connectivity index (χ1) is 13.7. The summed E-state index contributed by atoms with van der Waals surface area (Å²) in [6.07, 6.45) is 8.75. The molecular formula is C21H28N4O3. The fourth-order valence-corrected chi connectivity index (χ4v) is 4.00. The number of anilines is 1. The molecule has 2 fully saturated rings. The van der Waals surface area contributed by atoms with Crippen LogP contribution >= 0.6 is 0 Å². The minimum absolute atomic E-state index is 0.0709. The molecule has 0 bridgehead atoms. The van der Waals surface area contributed by atoms with E-state index in [1.165, 1.54) is 12.1 Å². The van der Waals surface area contributed by atoms with Gasteiger partial charge in [0.1, 0.15) is 6.23 Å². The predicted molar refractivity (Wildman–Crippen MR) is 107 cm³/mol. The lowest BCUT2D eigenvalue weighted by atomic mass is 9.97. The molecule has 2 aliphatic rings. The number of carbonyl (C=O) groups excluding carboxylic acids is 1. The maximum absolute atomic E-state index is 10.7. The Morgan fingerprint density at radius 1 is 1.14 bits per heavy atom. The first kappa shape index (κ1) is 18.8. The fraction of sp³-hybridized carbons (Fsp3) is 0.524. The molecule has 2 saturated heterocycles. The van der Waals surface area contributed by atoms with Gasteiger partial charge in [0.15, 0.2) is 0 Å². The number of rotatable bonds is 5. The molecule has 2 aliphatic heterocycles. The average molecular weight is 384 g/mol. The summed E-state index contributed by atoms with van der Waals surface area (Å²) in [5.74, 6) is 0.399. The number of amides is 1. The van der Waals surface area contributed by atoms with Gasteiger partial charge in [-0.05, 0) is 55.7 Å². The first-order valence-electron chi connectivity index (χ1n) is 10.1. The van der Waals surface area contributed by atoms with Crippen molar-refractivity contribution in [1.29, 1.82) is 0 Å². The summed E-state index contributed by atoms with van der Waals surface area (Å²) in [5.41, 5.74) is 8.55. The number of hydrogen-bond donors (Lipinski definition) is 1. The van der Waals surface area contributed by atoms with Crippen LogP contribution in [0.4, 0.5) is 10.5 Å². The summed E-state index contributed by atoms with van der Waals surface area (Å²) in [5, 5.41) is 4.50. The van der Waals surface area contributed by atoms with E-state index in [4.69, 9.17) is 15.2 Å². The van der Waals surface area contributed by atoms with E-state index in [2.05, 4.69) is 40.5 Å². The van der Waals surface area contributed by atoms with Crippen LogP contribution in [0.1, 0.15) is 38.3 Å². The Bertz CT molecular complexity index is 775. The SMILES string of the molecule is NC(=O)OCC1CCN(c2ccc(-c3cnn(C4CCCCO4)c3)cc2)CC1. The molecule has 2 N–H and O–H groups in total. The van der Waals surface area contributed by atoms with Crippen LogP contribution in [0.5, 0.6) is 0 Å². The van der Waals surface area contributed by atoms with E-state index < -0.39 is 6.09 Å². The molecule has 1 atom stereocenters. The van der Waals surface area contributed by atoms with E-state index in [0.29, 0.717) is 12.5 Å². The molecular weight excluding hydrogens is 356 g/mol. The van der Waals surface area contributed by atoms with E-state index in [1.807, 2.05) is 10.9 Å². The second-order valence-electron chi connectivity index (χ2n) is 7.64. The van der Waals surface area contributed by atoms with Crippen LogP contribution in [0.25, 0.3) is 11.1 Å². The molecule has 7 heteroatoms. The molecule has 2 aromatic rings. The molecule has 0 aliphatic carbocycles. The average Bonchev–Trinajstić information content (AvgIpc) is 3.24. The van der Waals surface area contributed by atoms with Gasteiger partial charge in [0, 0.05) is 37.1 Å². The zero-order chi connectivity index (χ0) is 19.3. The molecule has 1 aromatic heterocycles. The summed E-state index contributed by atoms with van der Waals surface area (Å²) < 4.78 is 12.7. The number of nitrogens with two attached hydrogens (primary N) is 1. The summed E-state index contributed by atoms with van der Waals surface area (Å²) in [6.45, 7) is 3.17. The van der Waals surface area contributed by atoms with Crippen molar-refractivity contribution < 1.29 is 14.3 Å². The Morgan fingerprint density at radius 3 is 2.61 bits per heavy atom. The predicted octanol–water partition coefficient (Wildman–Crippen LogP) is 3.56. The summed E-state index contributed by atoms with van der Waals surface area (Å²) in [7, 11) is 0. The molecule has 28 heavy (non-hydrogen) atoms. The molecule has 0 saturated carbocycles. The van der Waals surface area contributed by atoms with Crippen molar-refractivity contribution in [2.24, 2.45) is 11.7 Å². The zero-order valence-corrected chi connectivity index (χ0v) is 16.1. The highest BCUT2D eigenvalue weighted by Gasteiger charge is 2.21. The molecule has 4 rings (SSSR count). The van der Waals surface area contributed by atoms with Gasteiger partial charge in [-0.1, -0.05) is 12.1 Å². The smallest absolute Gasteiger partial charge is 0.404 e. The maximum atomic E-state index is 10.7. The number of carbonyl (C=O) groups is 1. The van der Waals surface area contributed by atoms with Gasteiger partial charge in [-0.15, -0.1) is 0 Å². The third kappa shape index (κ3) is 4.47. The van der Waals surface area contributed by atoms with Crippen molar-refractivity contribution in [2.75, 3.05) is 31.2 Å². The third-order valence-electron chi connectivity index (χ3n) is 5.69. The minimum Gasteiger partial charge on any atom is -0.449 e. The highest BCUT2D eigenvalue weighted by molar-refractivity contribution is 5.65. The lowest BCUT2D eigenvalue weighted by Gasteiger charge is -2.33. The Labute approximate surface area is 165 Å². The van der Waals surface area contributed by atoms with Crippen molar-refractivity contribution >= 4 is 11.8 Å². The van der Waals surface area contributed by atoms with Crippen LogP contribution in [-0.4, -0.2) is 42.2 Å². The lowest BCUT2D eigenvalue weighted by molar-refractivity contribution is -0.0394. The van der Waals surface area contributed by atoms with Gasteiger partial charge in [0.25, 0.3) is 0 Å². The normalized spacial score (nSPS) is 20.9. The van der Waals surface area contributed by atoms with Crippen LogP contribution in [0.3, 0.4) is 0 Å². The van der Waals surface area contributed by atoms with Crippen molar-refractivity contribution in [1.82, 2.24) is 9.78 Å². The Morgan fingerprint density at radius 2 is 1.93 bits per heavy atom. The summed E-state index contributed by atoms with van der Waals surface area (Å²) >= 11 is 0. The number of benzene rings is 1. The van der Waals surface area contributed by atoms with Gasteiger partial charge in [-0.3, -0.25) is 0 Å².